The third-order valence-electron chi connectivity index (χ3n) is 4.35. The number of alkyl halides is 2. The molecular weight excluding hydrogens is 411 g/mol. The first-order valence-corrected chi connectivity index (χ1v) is 9.07. The van der Waals surface area contributed by atoms with Gasteiger partial charge < -0.3 is 9.73 Å². The molecule has 0 fully saturated rings. The van der Waals surface area contributed by atoms with Crippen LogP contribution in [-0.4, -0.2) is 26.1 Å². The number of hydrogen-bond donors (Lipinski definition) is 1. The zero-order valence-corrected chi connectivity index (χ0v) is 15.8. The molecule has 7 nitrogen and oxygen atoms in total. The van der Waals surface area contributed by atoms with Gasteiger partial charge in [-0.15, -0.1) is 10.2 Å². The van der Waals surface area contributed by atoms with Crippen LogP contribution in [0.4, 0.5) is 18.9 Å². The molecule has 3 aromatic heterocycles. The van der Waals surface area contributed by atoms with Gasteiger partial charge in [0.1, 0.15) is 5.82 Å². The SMILES string of the molecule is O=C(Nc1cccc(F)c1Cc1ccc(-c2nnc(C(F)F)o2)cn1)c1cccnc1. The molecule has 0 bridgehead atoms. The van der Waals surface area contributed by atoms with E-state index in [9.17, 15) is 18.0 Å². The highest BCUT2D eigenvalue weighted by atomic mass is 19.3. The summed E-state index contributed by atoms with van der Waals surface area (Å²) in [5, 5.41) is 9.52. The summed E-state index contributed by atoms with van der Waals surface area (Å²) in [6.45, 7) is 0. The Kier molecular flexibility index (Phi) is 5.69. The predicted octanol–water partition coefficient (Wildman–Crippen LogP) is 4.45. The van der Waals surface area contributed by atoms with Gasteiger partial charge in [0, 0.05) is 42.0 Å². The molecule has 4 rings (SSSR count). The smallest absolute Gasteiger partial charge is 0.314 e. The van der Waals surface area contributed by atoms with Gasteiger partial charge in [-0.1, -0.05) is 6.07 Å². The highest BCUT2D eigenvalue weighted by Crippen LogP contribution is 2.25. The van der Waals surface area contributed by atoms with Crippen LogP contribution in [0, 0.1) is 5.82 Å². The van der Waals surface area contributed by atoms with Gasteiger partial charge >= 0.3 is 6.43 Å². The first kappa shape index (κ1) is 20.2. The largest absolute Gasteiger partial charge is 0.415 e. The molecule has 0 saturated heterocycles. The number of hydrogen-bond acceptors (Lipinski definition) is 6. The molecule has 1 N–H and O–H groups in total. The molecule has 0 spiro atoms. The lowest BCUT2D eigenvalue weighted by Gasteiger charge is -2.12. The van der Waals surface area contributed by atoms with E-state index in [-0.39, 0.29) is 17.9 Å². The summed E-state index contributed by atoms with van der Waals surface area (Å²) in [4.78, 5) is 20.5. The number of carbonyl (C=O) groups is 1. The average Bonchev–Trinajstić information content (AvgIpc) is 3.28. The Labute approximate surface area is 174 Å². The van der Waals surface area contributed by atoms with Crippen LogP contribution in [-0.2, 0) is 6.42 Å². The van der Waals surface area contributed by atoms with Gasteiger partial charge in [0.15, 0.2) is 0 Å². The zero-order chi connectivity index (χ0) is 21.8. The van der Waals surface area contributed by atoms with Crippen molar-refractivity contribution in [3.63, 3.8) is 0 Å². The number of halogens is 3. The summed E-state index contributed by atoms with van der Waals surface area (Å²) in [6.07, 6.45) is 1.54. The number of benzene rings is 1. The van der Waals surface area contributed by atoms with Crippen LogP contribution in [0.1, 0.15) is 33.9 Å². The molecule has 1 amide bonds. The van der Waals surface area contributed by atoms with E-state index in [1.807, 2.05) is 0 Å². The third kappa shape index (κ3) is 4.58. The minimum absolute atomic E-state index is 0.0850. The summed E-state index contributed by atoms with van der Waals surface area (Å²) in [7, 11) is 0. The maximum atomic E-state index is 14.5. The van der Waals surface area contributed by atoms with Crippen LogP contribution >= 0.6 is 0 Å². The molecule has 0 unspecified atom stereocenters. The monoisotopic (exact) mass is 425 g/mol. The number of aromatic nitrogens is 4. The highest BCUT2D eigenvalue weighted by molar-refractivity contribution is 6.04. The third-order valence-corrected chi connectivity index (χ3v) is 4.35. The fourth-order valence-electron chi connectivity index (χ4n) is 2.82. The van der Waals surface area contributed by atoms with Crippen LogP contribution < -0.4 is 5.32 Å². The second-order valence-electron chi connectivity index (χ2n) is 6.42. The molecule has 31 heavy (non-hydrogen) atoms. The van der Waals surface area contributed by atoms with Gasteiger partial charge in [-0.3, -0.25) is 14.8 Å². The van der Waals surface area contributed by atoms with Crippen molar-refractivity contribution in [3.05, 3.63) is 89.6 Å². The standard InChI is InChI=1S/C21H14F3N5O2/c22-16-4-1-5-17(27-19(30)12-3-2-8-25-10-12)15(16)9-14-7-6-13(11-26-14)20-28-29-21(31-20)18(23)24/h1-8,10-11,18H,9H2,(H,27,30). The second kappa shape index (κ2) is 8.74. The predicted molar refractivity (Wildman–Crippen MR) is 104 cm³/mol. The minimum atomic E-state index is -2.87. The summed E-state index contributed by atoms with van der Waals surface area (Å²) in [5.74, 6) is -1.80. The van der Waals surface area contributed by atoms with Gasteiger partial charge in [-0.25, -0.2) is 4.39 Å². The molecule has 10 heteroatoms. The Bertz CT molecular complexity index is 1200. The van der Waals surface area contributed by atoms with Gasteiger partial charge in [0.2, 0.25) is 5.89 Å². The molecule has 3 heterocycles. The van der Waals surface area contributed by atoms with E-state index in [0.717, 1.165) is 0 Å². The Morgan fingerprint density at radius 3 is 2.61 bits per heavy atom. The number of rotatable bonds is 6. The number of carbonyl (C=O) groups excluding carboxylic acids is 1. The van der Waals surface area contributed by atoms with Crippen molar-refractivity contribution >= 4 is 11.6 Å². The number of nitrogens with zero attached hydrogens (tertiary/aromatic N) is 4. The topological polar surface area (TPSA) is 93.8 Å². The van der Waals surface area contributed by atoms with Crippen LogP contribution in [0.15, 0.2) is 65.5 Å². The van der Waals surface area contributed by atoms with Crippen LogP contribution in [0.2, 0.25) is 0 Å². The molecule has 1 aromatic carbocycles. The lowest BCUT2D eigenvalue weighted by Crippen LogP contribution is -2.14. The van der Waals surface area contributed by atoms with Crippen LogP contribution in [0.25, 0.3) is 11.5 Å². The van der Waals surface area contributed by atoms with Gasteiger partial charge in [0.25, 0.3) is 11.8 Å². The van der Waals surface area contributed by atoms with Crippen molar-refractivity contribution in [3.8, 4) is 11.5 Å². The van der Waals surface area contributed by atoms with Crippen LogP contribution in [0.3, 0.4) is 0 Å². The fraction of sp³-hybridized carbons (Fsp3) is 0.0952. The minimum Gasteiger partial charge on any atom is -0.415 e. The Morgan fingerprint density at radius 1 is 1.06 bits per heavy atom. The molecule has 4 aromatic rings. The fourth-order valence-corrected chi connectivity index (χ4v) is 2.82. The number of nitrogens with one attached hydrogen (secondary N) is 1. The second-order valence-corrected chi connectivity index (χ2v) is 6.42. The Hall–Kier alpha value is -4.08. The molecule has 0 saturated carbocycles. The van der Waals surface area contributed by atoms with E-state index >= 15 is 0 Å². The van der Waals surface area contributed by atoms with Crippen molar-refractivity contribution in [1.82, 2.24) is 20.2 Å². The molecule has 0 radical (unpaired) electrons. The average molecular weight is 425 g/mol. The van der Waals surface area contributed by atoms with Crippen molar-refractivity contribution in [2.75, 3.05) is 5.32 Å². The first-order chi connectivity index (χ1) is 15.0. The Balaban J connectivity index is 1.54. The van der Waals surface area contributed by atoms with Gasteiger partial charge in [-0.2, -0.15) is 8.78 Å². The first-order valence-electron chi connectivity index (χ1n) is 9.07. The van der Waals surface area contributed by atoms with Crippen molar-refractivity contribution < 1.29 is 22.4 Å². The molecule has 0 atom stereocenters. The maximum Gasteiger partial charge on any atom is 0.314 e. The zero-order valence-electron chi connectivity index (χ0n) is 15.8. The molecule has 0 aliphatic heterocycles. The van der Waals surface area contributed by atoms with E-state index in [4.69, 9.17) is 4.42 Å². The highest BCUT2D eigenvalue weighted by Gasteiger charge is 2.18. The maximum absolute atomic E-state index is 14.5. The summed E-state index contributed by atoms with van der Waals surface area (Å²) in [6, 6.07) is 10.7. The van der Waals surface area contributed by atoms with Gasteiger partial charge in [-0.05, 0) is 36.4 Å². The van der Waals surface area contributed by atoms with Crippen molar-refractivity contribution in [1.29, 1.82) is 0 Å². The van der Waals surface area contributed by atoms with E-state index in [1.165, 1.54) is 24.5 Å². The number of anilines is 1. The molecular formula is C21H14F3N5O2. The number of pyridine rings is 2. The van der Waals surface area contributed by atoms with E-state index in [0.29, 0.717) is 22.5 Å². The lowest BCUT2D eigenvalue weighted by atomic mass is 10.1. The summed E-state index contributed by atoms with van der Waals surface area (Å²) < 4.78 is 44.6. The number of amides is 1. The molecule has 0 aliphatic rings. The molecule has 156 valence electrons. The Morgan fingerprint density at radius 2 is 1.94 bits per heavy atom. The van der Waals surface area contributed by atoms with Crippen LogP contribution in [0.5, 0.6) is 0 Å². The van der Waals surface area contributed by atoms with E-state index in [2.05, 4.69) is 25.5 Å². The summed E-state index contributed by atoms with van der Waals surface area (Å²) in [5.41, 5.74) is 1.72. The normalized spacial score (nSPS) is 11.0. The van der Waals surface area contributed by atoms with Crippen molar-refractivity contribution in [2.45, 2.75) is 12.8 Å². The van der Waals surface area contributed by atoms with Crippen molar-refractivity contribution in [2.24, 2.45) is 0 Å². The van der Waals surface area contributed by atoms with Gasteiger partial charge in [0.05, 0.1) is 11.1 Å². The lowest BCUT2D eigenvalue weighted by molar-refractivity contribution is 0.102. The van der Waals surface area contributed by atoms with E-state index in [1.54, 1.807) is 36.5 Å². The van der Waals surface area contributed by atoms with E-state index < -0.39 is 24.0 Å². The quantitative estimate of drug-likeness (QED) is 0.491. The molecule has 0 aliphatic carbocycles. The summed E-state index contributed by atoms with van der Waals surface area (Å²) >= 11 is 0.